The van der Waals surface area contributed by atoms with Crippen molar-refractivity contribution in [2.75, 3.05) is 0 Å². The molecule has 0 aliphatic carbocycles. The largest absolute Gasteiger partial charge is 0.298 e. The van der Waals surface area contributed by atoms with E-state index in [0.717, 1.165) is 0 Å². The average molecular weight is 298 g/mol. The van der Waals surface area contributed by atoms with Gasteiger partial charge >= 0.3 is 0 Å². The molecule has 0 atom stereocenters. The first-order valence-electron chi connectivity index (χ1n) is 6.49. The lowest BCUT2D eigenvalue weighted by molar-refractivity contribution is -0.107. The summed E-state index contributed by atoms with van der Waals surface area (Å²) < 4.78 is 27.2. The van der Waals surface area contributed by atoms with Crippen LogP contribution in [0, 0.1) is 11.6 Å². The Kier molecular flexibility index (Phi) is 5.09. The highest BCUT2D eigenvalue weighted by Crippen LogP contribution is 2.18. The van der Waals surface area contributed by atoms with Gasteiger partial charge in [-0.15, -0.1) is 0 Å². The highest BCUT2D eigenvalue weighted by molar-refractivity contribution is 6.02. The minimum atomic E-state index is -0.516. The van der Waals surface area contributed by atoms with Crippen LogP contribution < -0.4 is 0 Å². The van der Waals surface area contributed by atoms with Gasteiger partial charge in [0.1, 0.15) is 11.6 Å². The van der Waals surface area contributed by atoms with Gasteiger partial charge in [0.2, 0.25) is 0 Å². The Balaban J connectivity index is 2.48. The van der Waals surface area contributed by atoms with Gasteiger partial charge in [-0.1, -0.05) is 36.4 Å². The number of halogens is 2. The number of hydrogen-bond acceptors (Lipinski definition) is 2. The van der Waals surface area contributed by atoms with Crippen molar-refractivity contribution < 1.29 is 18.4 Å². The van der Waals surface area contributed by atoms with E-state index in [2.05, 4.69) is 0 Å². The van der Waals surface area contributed by atoms with E-state index >= 15 is 0 Å². The van der Waals surface area contributed by atoms with Gasteiger partial charge in [-0.25, -0.2) is 8.78 Å². The second kappa shape index (κ2) is 7.22. The number of rotatable bonds is 5. The third-order valence-electron chi connectivity index (χ3n) is 3.02. The fourth-order valence-corrected chi connectivity index (χ4v) is 1.89. The fourth-order valence-electron chi connectivity index (χ4n) is 1.89. The summed E-state index contributed by atoms with van der Waals surface area (Å²) >= 11 is 0. The van der Waals surface area contributed by atoms with Crippen LogP contribution in [0.15, 0.2) is 59.7 Å². The summed E-state index contributed by atoms with van der Waals surface area (Å²) in [5.74, 6) is -1.03. The fraction of sp³-hybridized carbons (Fsp3) is 0. The van der Waals surface area contributed by atoms with E-state index in [0.29, 0.717) is 12.6 Å². The highest BCUT2D eigenvalue weighted by Gasteiger charge is 2.07. The average Bonchev–Trinajstić information content (AvgIpc) is 2.54. The number of carbonyl (C=O) groups is 2. The van der Waals surface area contributed by atoms with Gasteiger partial charge in [0.25, 0.3) is 0 Å². The lowest BCUT2D eigenvalue weighted by Crippen LogP contribution is -1.95. The summed E-state index contributed by atoms with van der Waals surface area (Å²) in [6.07, 6.45) is 3.38. The van der Waals surface area contributed by atoms with Crippen molar-refractivity contribution in [1.29, 1.82) is 0 Å². The molecule has 22 heavy (non-hydrogen) atoms. The Labute approximate surface area is 126 Å². The highest BCUT2D eigenvalue weighted by atomic mass is 19.1. The van der Waals surface area contributed by atoms with E-state index in [4.69, 9.17) is 0 Å². The Bertz CT molecular complexity index is 696. The van der Waals surface area contributed by atoms with Crippen molar-refractivity contribution in [3.8, 4) is 0 Å². The molecule has 0 aromatic heterocycles. The van der Waals surface area contributed by atoms with Crippen molar-refractivity contribution in [1.82, 2.24) is 0 Å². The Morgan fingerprint density at radius 1 is 0.682 bits per heavy atom. The zero-order valence-electron chi connectivity index (χ0n) is 11.5. The molecule has 0 radical (unpaired) electrons. The third-order valence-corrected chi connectivity index (χ3v) is 3.02. The zero-order valence-corrected chi connectivity index (χ0v) is 11.5. The molecule has 0 fully saturated rings. The Morgan fingerprint density at radius 3 is 1.36 bits per heavy atom. The topological polar surface area (TPSA) is 34.1 Å². The number of benzene rings is 2. The minimum Gasteiger partial charge on any atom is -0.298 e. The molecule has 4 heteroatoms. The summed E-state index contributed by atoms with van der Waals surface area (Å²) in [5, 5.41) is 0. The molecule has 0 aliphatic heterocycles. The van der Waals surface area contributed by atoms with Gasteiger partial charge in [0, 0.05) is 22.3 Å². The number of hydrogen-bond donors (Lipinski definition) is 0. The smallest absolute Gasteiger partial charge is 0.150 e. The SMILES string of the molecule is O=CC(=Cc1ccccc1F)C(C=O)=Cc1ccccc1F. The summed E-state index contributed by atoms with van der Waals surface area (Å²) in [6.45, 7) is 0. The first kappa shape index (κ1) is 15.5. The van der Waals surface area contributed by atoms with Crippen LogP contribution in [0.4, 0.5) is 8.78 Å². The number of carbonyl (C=O) groups excluding carboxylic acids is 2. The maximum atomic E-state index is 13.6. The van der Waals surface area contributed by atoms with Crippen molar-refractivity contribution >= 4 is 24.7 Å². The second-order valence-electron chi connectivity index (χ2n) is 4.48. The van der Waals surface area contributed by atoms with Crippen LogP contribution in [0.25, 0.3) is 12.2 Å². The molecular weight excluding hydrogens is 286 g/mol. The van der Waals surface area contributed by atoms with Crippen LogP contribution in [0.1, 0.15) is 11.1 Å². The minimum absolute atomic E-state index is 0.0247. The van der Waals surface area contributed by atoms with Crippen LogP contribution in [-0.2, 0) is 9.59 Å². The molecule has 0 heterocycles. The molecule has 110 valence electrons. The van der Waals surface area contributed by atoms with Crippen molar-refractivity contribution in [3.05, 3.63) is 82.4 Å². The van der Waals surface area contributed by atoms with Crippen LogP contribution in [-0.4, -0.2) is 12.6 Å². The molecule has 0 amide bonds. The van der Waals surface area contributed by atoms with Crippen molar-refractivity contribution in [2.45, 2.75) is 0 Å². The molecule has 0 saturated heterocycles. The van der Waals surface area contributed by atoms with E-state index in [1.165, 1.54) is 48.6 Å². The summed E-state index contributed by atoms with van der Waals surface area (Å²) in [7, 11) is 0. The predicted octanol–water partition coefficient (Wildman–Crippen LogP) is 3.83. The number of aldehydes is 2. The summed E-state index contributed by atoms with van der Waals surface area (Å²) in [4.78, 5) is 22.4. The Hall–Kier alpha value is -2.88. The molecular formula is C18H12F2O2. The van der Waals surface area contributed by atoms with Gasteiger partial charge in [0.15, 0.2) is 12.6 Å². The third kappa shape index (κ3) is 3.61. The van der Waals surface area contributed by atoms with E-state index in [1.807, 2.05) is 0 Å². The lowest BCUT2D eigenvalue weighted by Gasteiger charge is -2.02. The molecule has 0 spiro atoms. The molecule has 0 aliphatic rings. The second-order valence-corrected chi connectivity index (χ2v) is 4.48. The normalized spacial score (nSPS) is 12.1. The van der Waals surface area contributed by atoms with E-state index < -0.39 is 11.6 Å². The molecule has 0 unspecified atom stereocenters. The molecule has 2 nitrogen and oxygen atoms in total. The van der Waals surface area contributed by atoms with E-state index in [1.54, 1.807) is 12.1 Å². The van der Waals surface area contributed by atoms with Gasteiger partial charge in [-0.2, -0.15) is 0 Å². The zero-order chi connectivity index (χ0) is 15.9. The van der Waals surface area contributed by atoms with Crippen LogP contribution in [0.3, 0.4) is 0 Å². The molecule has 2 aromatic carbocycles. The van der Waals surface area contributed by atoms with Gasteiger partial charge in [0.05, 0.1) is 0 Å². The first-order chi connectivity index (χ1) is 10.7. The standard InChI is InChI=1S/C18H12F2O2/c19-17-7-3-1-5-13(17)9-15(11-21)16(12-22)10-14-6-2-4-8-18(14)20/h1-12H. The Morgan fingerprint density at radius 2 is 1.05 bits per heavy atom. The quantitative estimate of drug-likeness (QED) is 0.477. The monoisotopic (exact) mass is 298 g/mol. The maximum Gasteiger partial charge on any atom is 0.150 e. The first-order valence-corrected chi connectivity index (χ1v) is 6.49. The van der Waals surface area contributed by atoms with E-state index in [-0.39, 0.29) is 22.3 Å². The molecule has 2 aromatic rings. The molecule has 0 saturated carbocycles. The number of allylic oxidation sites excluding steroid dienone is 2. The lowest BCUT2D eigenvalue weighted by atomic mass is 10.0. The predicted molar refractivity (Wildman–Crippen MR) is 80.9 cm³/mol. The van der Waals surface area contributed by atoms with Crippen LogP contribution >= 0.6 is 0 Å². The van der Waals surface area contributed by atoms with Crippen molar-refractivity contribution in [2.24, 2.45) is 0 Å². The van der Waals surface area contributed by atoms with Crippen LogP contribution in [0.5, 0.6) is 0 Å². The molecule has 0 N–H and O–H groups in total. The van der Waals surface area contributed by atoms with Gasteiger partial charge < -0.3 is 0 Å². The molecule has 0 bridgehead atoms. The summed E-state index contributed by atoms with van der Waals surface area (Å²) in [6, 6.07) is 11.7. The summed E-state index contributed by atoms with van der Waals surface area (Å²) in [5.41, 5.74) is 0.295. The van der Waals surface area contributed by atoms with Gasteiger partial charge in [-0.05, 0) is 24.3 Å². The van der Waals surface area contributed by atoms with E-state index in [9.17, 15) is 18.4 Å². The maximum absolute atomic E-state index is 13.6. The van der Waals surface area contributed by atoms with Gasteiger partial charge in [-0.3, -0.25) is 9.59 Å². The van der Waals surface area contributed by atoms with Crippen LogP contribution in [0.2, 0.25) is 0 Å². The molecule has 2 rings (SSSR count). The van der Waals surface area contributed by atoms with Crippen molar-refractivity contribution in [3.63, 3.8) is 0 Å².